The molecule has 0 unspecified atom stereocenters. The molecule has 0 fully saturated rings. The van der Waals surface area contributed by atoms with Crippen LogP contribution in [-0.2, 0) is 25.9 Å². The molecule has 0 spiro atoms. The molecule has 22 heavy (non-hydrogen) atoms. The van der Waals surface area contributed by atoms with E-state index in [1.165, 1.54) is 5.56 Å². The number of benzene rings is 1. The zero-order chi connectivity index (χ0) is 14.7. The van der Waals surface area contributed by atoms with Gasteiger partial charge in [-0.2, -0.15) is 0 Å². The largest absolute Gasteiger partial charge is 0.370 e. The summed E-state index contributed by atoms with van der Waals surface area (Å²) >= 11 is 0. The highest BCUT2D eigenvalue weighted by molar-refractivity contribution is 14.0. The topological polar surface area (TPSA) is 81.1 Å². The third-order valence-corrected chi connectivity index (χ3v) is 3.71. The lowest BCUT2D eigenvalue weighted by atomic mass is 10.1. The summed E-state index contributed by atoms with van der Waals surface area (Å²) in [6.07, 6.45) is 3.18. The maximum atomic E-state index is 5.92. The number of anilines is 1. The predicted molar refractivity (Wildman–Crippen MR) is 98.5 cm³/mol. The quantitative estimate of drug-likeness (QED) is 0.459. The van der Waals surface area contributed by atoms with Crippen molar-refractivity contribution in [3.05, 3.63) is 41.5 Å². The second kappa shape index (κ2) is 7.57. The Morgan fingerprint density at radius 3 is 2.82 bits per heavy atom. The van der Waals surface area contributed by atoms with Gasteiger partial charge in [0.15, 0.2) is 11.8 Å². The Kier molecular flexibility index (Phi) is 5.76. The molecule has 1 aliphatic heterocycles. The molecule has 2 heterocycles. The van der Waals surface area contributed by atoms with Gasteiger partial charge in [-0.05, 0) is 30.5 Å². The molecule has 0 aliphatic carbocycles. The van der Waals surface area contributed by atoms with Gasteiger partial charge in [0.2, 0.25) is 0 Å². The number of halogens is 1. The molecule has 0 atom stereocenters. The molecule has 3 rings (SSSR count). The molecule has 0 amide bonds. The van der Waals surface area contributed by atoms with Crippen LogP contribution in [0.15, 0.2) is 29.3 Å². The number of nitrogens with one attached hydrogen (secondary N) is 1. The number of aromatic nitrogens is 3. The summed E-state index contributed by atoms with van der Waals surface area (Å²) in [5.41, 5.74) is 8.16. The zero-order valence-corrected chi connectivity index (χ0v) is 14.9. The van der Waals surface area contributed by atoms with Crippen molar-refractivity contribution in [3.8, 4) is 0 Å². The third kappa shape index (κ3) is 3.76. The minimum Gasteiger partial charge on any atom is -0.370 e. The Morgan fingerprint density at radius 1 is 1.32 bits per heavy atom. The van der Waals surface area contributed by atoms with Gasteiger partial charge in [-0.3, -0.25) is 0 Å². The first-order valence-corrected chi connectivity index (χ1v) is 7.33. The van der Waals surface area contributed by atoms with E-state index in [9.17, 15) is 0 Å². The second-order valence-corrected chi connectivity index (χ2v) is 5.16. The van der Waals surface area contributed by atoms with E-state index in [-0.39, 0.29) is 24.0 Å². The molecule has 0 bridgehead atoms. The normalized spacial score (nSPS) is 13.6. The average molecular weight is 412 g/mol. The molecule has 7 heteroatoms. The smallest absolute Gasteiger partial charge is 0.193 e. The molecule has 6 nitrogen and oxygen atoms in total. The highest BCUT2D eigenvalue weighted by Gasteiger charge is 2.16. The lowest BCUT2D eigenvalue weighted by Gasteiger charge is -2.06. The Morgan fingerprint density at radius 2 is 2.09 bits per heavy atom. The second-order valence-electron chi connectivity index (χ2n) is 5.16. The van der Waals surface area contributed by atoms with Crippen molar-refractivity contribution in [2.24, 2.45) is 10.7 Å². The third-order valence-electron chi connectivity index (χ3n) is 3.71. The maximum Gasteiger partial charge on any atom is 0.193 e. The van der Waals surface area contributed by atoms with Gasteiger partial charge in [0.05, 0.1) is 0 Å². The van der Waals surface area contributed by atoms with Crippen LogP contribution in [0.25, 0.3) is 0 Å². The van der Waals surface area contributed by atoms with Crippen molar-refractivity contribution >= 4 is 35.6 Å². The molecule has 0 saturated heterocycles. The van der Waals surface area contributed by atoms with Crippen LogP contribution in [0.5, 0.6) is 0 Å². The summed E-state index contributed by atoms with van der Waals surface area (Å²) in [4.78, 5) is 4.34. The molecule has 3 N–H and O–H groups in total. The van der Waals surface area contributed by atoms with E-state index in [0.717, 1.165) is 43.1 Å². The van der Waals surface area contributed by atoms with Gasteiger partial charge in [0.1, 0.15) is 12.4 Å². The predicted octanol–water partition coefficient (Wildman–Crippen LogP) is 2.33. The molecule has 1 aliphatic rings. The lowest BCUT2D eigenvalue weighted by molar-refractivity contribution is 0.688. The number of aliphatic imine (C=N–C) groups is 1. The fraction of sp³-hybridized carbons (Fsp3) is 0.400. The number of hydrogen-bond donors (Lipinski definition) is 2. The van der Waals surface area contributed by atoms with E-state index in [1.807, 2.05) is 12.1 Å². The van der Waals surface area contributed by atoms with Crippen molar-refractivity contribution in [1.82, 2.24) is 14.8 Å². The molecule has 1 aromatic carbocycles. The van der Waals surface area contributed by atoms with Crippen LogP contribution >= 0.6 is 24.0 Å². The van der Waals surface area contributed by atoms with Crippen molar-refractivity contribution in [1.29, 1.82) is 0 Å². The number of nitrogens with zero attached hydrogens (tertiary/aromatic N) is 4. The van der Waals surface area contributed by atoms with E-state index in [4.69, 9.17) is 5.73 Å². The molecule has 1 aromatic heterocycles. The van der Waals surface area contributed by atoms with E-state index >= 15 is 0 Å². The first-order valence-electron chi connectivity index (χ1n) is 7.33. The van der Waals surface area contributed by atoms with Gasteiger partial charge in [-0.25, -0.2) is 4.99 Å². The van der Waals surface area contributed by atoms with Gasteiger partial charge in [0, 0.05) is 18.7 Å². The summed E-state index contributed by atoms with van der Waals surface area (Å²) < 4.78 is 2.13. The van der Waals surface area contributed by atoms with Gasteiger partial charge in [0.25, 0.3) is 0 Å². The number of guanidine groups is 1. The Labute approximate surface area is 147 Å². The Balaban J connectivity index is 0.00000176. The van der Waals surface area contributed by atoms with E-state index in [0.29, 0.717) is 12.5 Å². The van der Waals surface area contributed by atoms with E-state index < -0.39 is 0 Å². The van der Waals surface area contributed by atoms with Gasteiger partial charge in [-0.1, -0.05) is 19.1 Å². The highest BCUT2D eigenvalue weighted by atomic mass is 127. The van der Waals surface area contributed by atoms with Crippen molar-refractivity contribution in [2.75, 3.05) is 5.32 Å². The highest BCUT2D eigenvalue weighted by Crippen LogP contribution is 2.14. The van der Waals surface area contributed by atoms with Gasteiger partial charge in [-0.15, -0.1) is 34.2 Å². The zero-order valence-electron chi connectivity index (χ0n) is 12.6. The standard InChI is InChI=1S/C15H20N6.HI/c1-2-11-5-7-12(8-6-11)18-15(16)17-10-14-20-19-13-4-3-9-21(13)14;/h5-8H,2-4,9-10H2,1H3,(H3,16,17,18);1H. The first-order chi connectivity index (χ1) is 10.3. The van der Waals surface area contributed by atoms with Gasteiger partial charge < -0.3 is 15.6 Å². The molecular weight excluding hydrogens is 391 g/mol. The molecule has 118 valence electrons. The number of rotatable bonds is 4. The number of fused-ring (bicyclic) bond motifs is 1. The maximum absolute atomic E-state index is 5.92. The summed E-state index contributed by atoms with van der Waals surface area (Å²) in [6.45, 7) is 3.58. The molecular formula is C15H21IN6. The van der Waals surface area contributed by atoms with Crippen LogP contribution in [0.1, 0.15) is 30.6 Å². The Hall–Kier alpha value is -1.64. The van der Waals surface area contributed by atoms with E-state index in [2.05, 4.69) is 44.1 Å². The van der Waals surface area contributed by atoms with Crippen LogP contribution in [0, 0.1) is 0 Å². The van der Waals surface area contributed by atoms with Crippen molar-refractivity contribution < 1.29 is 0 Å². The molecule has 0 saturated carbocycles. The summed E-state index contributed by atoms with van der Waals surface area (Å²) in [6, 6.07) is 8.19. The molecule has 2 aromatic rings. The van der Waals surface area contributed by atoms with Crippen LogP contribution < -0.4 is 11.1 Å². The summed E-state index contributed by atoms with van der Waals surface area (Å²) in [5.74, 6) is 2.34. The summed E-state index contributed by atoms with van der Waals surface area (Å²) in [5, 5.41) is 11.4. The Bertz CT molecular complexity index is 647. The fourth-order valence-electron chi connectivity index (χ4n) is 2.49. The number of aryl methyl sites for hydroxylation is 2. The van der Waals surface area contributed by atoms with Crippen LogP contribution in [0.3, 0.4) is 0 Å². The van der Waals surface area contributed by atoms with Crippen LogP contribution in [-0.4, -0.2) is 20.7 Å². The first kappa shape index (κ1) is 16.7. The molecule has 0 radical (unpaired) electrons. The van der Waals surface area contributed by atoms with Crippen LogP contribution in [0.2, 0.25) is 0 Å². The van der Waals surface area contributed by atoms with E-state index in [1.54, 1.807) is 0 Å². The minimum absolute atomic E-state index is 0. The van der Waals surface area contributed by atoms with Gasteiger partial charge >= 0.3 is 0 Å². The van der Waals surface area contributed by atoms with Crippen molar-refractivity contribution in [2.45, 2.75) is 39.3 Å². The lowest BCUT2D eigenvalue weighted by Crippen LogP contribution is -2.22. The van der Waals surface area contributed by atoms with Crippen LogP contribution in [0.4, 0.5) is 5.69 Å². The monoisotopic (exact) mass is 412 g/mol. The summed E-state index contributed by atoms with van der Waals surface area (Å²) in [7, 11) is 0. The van der Waals surface area contributed by atoms with Crippen molar-refractivity contribution in [3.63, 3.8) is 0 Å². The average Bonchev–Trinajstić information content (AvgIpc) is 3.09. The SMILES string of the molecule is CCc1ccc(NC(N)=NCc2nnc3n2CCC3)cc1.I. The number of hydrogen-bond acceptors (Lipinski definition) is 3. The fourth-order valence-corrected chi connectivity index (χ4v) is 2.49. The number of nitrogens with two attached hydrogens (primary N) is 1. The minimum atomic E-state index is 0.